The van der Waals surface area contributed by atoms with Gasteiger partial charge in [0.2, 0.25) is 11.9 Å². The highest BCUT2D eigenvalue weighted by atomic mass is 16.7. The van der Waals surface area contributed by atoms with E-state index in [0.717, 1.165) is 18.7 Å². The highest BCUT2D eigenvalue weighted by molar-refractivity contribution is 5.93. The third-order valence-corrected chi connectivity index (χ3v) is 6.39. The van der Waals surface area contributed by atoms with Gasteiger partial charge in [-0.25, -0.2) is 9.97 Å². The number of rotatable bonds is 7. The summed E-state index contributed by atoms with van der Waals surface area (Å²) in [5.41, 5.74) is 6.86. The maximum Gasteiger partial charge on any atom is 0.253 e. The smallest absolute Gasteiger partial charge is 0.253 e. The molecule has 2 aromatic rings. The number of nitrogens with zero attached hydrogens (tertiary/aromatic N) is 4. The fourth-order valence-electron chi connectivity index (χ4n) is 4.40. The zero-order valence-corrected chi connectivity index (χ0v) is 19.6. The predicted molar refractivity (Wildman–Crippen MR) is 125 cm³/mol. The van der Waals surface area contributed by atoms with Gasteiger partial charge in [-0.2, -0.15) is 5.06 Å². The van der Waals surface area contributed by atoms with Crippen molar-refractivity contribution < 1.29 is 23.9 Å². The van der Waals surface area contributed by atoms with Crippen molar-refractivity contribution in [3.05, 3.63) is 36.2 Å². The molecule has 1 aromatic carbocycles. The Kier molecular flexibility index (Phi) is 7.59. The Hall–Kier alpha value is -3.24. The second kappa shape index (κ2) is 10.8. The molecule has 1 saturated carbocycles. The van der Waals surface area contributed by atoms with Crippen molar-refractivity contribution in [3.8, 4) is 11.5 Å². The number of amides is 2. The van der Waals surface area contributed by atoms with E-state index < -0.39 is 0 Å². The maximum atomic E-state index is 13.1. The number of morpholine rings is 1. The Labute approximate surface area is 199 Å². The third-order valence-electron chi connectivity index (χ3n) is 6.39. The monoisotopic (exact) mass is 469 g/mol. The van der Waals surface area contributed by atoms with Gasteiger partial charge in [-0.15, -0.1) is 0 Å². The molecule has 0 atom stereocenters. The topological polar surface area (TPSA) is 120 Å². The zero-order valence-electron chi connectivity index (χ0n) is 19.6. The van der Waals surface area contributed by atoms with E-state index in [1.54, 1.807) is 24.5 Å². The van der Waals surface area contributed by atoms with Crippen LogP contribution in [0.1, 0.15) is 31.2 Å². The molecule has 0 unspecified atom stereocenters. The van der Waals surface area contributed by atoms with Crippen molar-refractivity contribution in [2.45, 2.75) is 32.6 Å². The molecule has 182 valence electrons. The molecule has 0 spiro atoms. The van der Waals surface area contributed by atoms with E-state index in [2.05, 4.69) is 14.9 Å². The summed E-state index contributed by atoms with van der Waals surface area (Å²) in [5, 5.41) is 1.31. The molecule has 1 saturated heterocycles. The number of nitrogens with two attached hydrogens (primary N) is 1. The molecule has 10 heteroatoms. The number of ether oxygens (including phenoxy) is 2. The first kappa shape index (κ1) is 23.9. The molecular formula is C24H31N5O5. The number of aromatic nitrogens is 2. The number of hydrogen-bond donors (Lipinski definition) is 1. The molecule has 2 amide bonds. The minimum Gasteiger partial charge on any atom is -0.454 e. The lowest BCUT2D eigenvalue weighted by molar-refractivity contribution is -0.132. The summed E-state index contributed by atoms with van der Waals surface area (Å²) in [6.45, 7) is 4.77. The van der Waals surface area contributed by atoms with Crippen LogP contribution in [0.2, 0.25) is 0 Å². The normalized spacial score (nSPS) is 20.6. The molecule has 0 bridgehead atoms. The van der Waals surface area contributed by atoms with Crippen LogP contribution < -0.4 is 20.4 Å². The summed E-state index contributed by atoms with van der Waals surface area (Å²) >= 11 is 0. The van der Waals surface area contributed by atoms with Gasteiger partial charge in [-0.1, -0.05) is 0 Å². The molecule has 1 aromatic heterocycles. The van der Waals surface area contributed by atoms with Gasteiger partial charge in [-0.05, 0) is 56.4 Å². The molecule has 2 fully saturated rings. The molecular weight excluding hydrogens is 438 g/mol. The second-order valence-electron chi connectivity index (χ2n) is 8.64. The number of aryl methyl sites for hydroxylation is 1. The SMILES string of the molecule is CON(C(=O)C1CCC(C(N)=O)CC1)c1ccc(Oc2cnc(N3CCOCC3)nc2)c(C)c1. The van der Waals surface area contributed by atoms with Gasteiger partial charge >= 0.3 is 0 Å². The van der Waals surface area contributed by atoms with Gasteiger partial charge < -0.3 is 20.1 Å². The fourth-order valence-corrected chi connectivity index (χ4v) is 4.40. The lowest BCUT2D eigenvalue weighted by atomic mass is 9.81. The van der Waals surface area contributed by atoms with Crippen molar-refractivity contribution in [2.75, 3.05) is 43.4 Å². The molecule has 10 nitrogen and oxygen atoms in total. The number of primary amides is 1. The molecule has 34 heavy (non-hydrogen) atoms. The number of carbonyl (C=O) groups excluding carboxylic acids is 2. The van der Waals surface area contributed by atoms with Crippen LogP contribution in [0, 0.1) is 18.8 Å². The van der Waals surface area contributed by atoms with Crippen molar-refractivity contribution in [1.82, 2.24) is 9.97 Å². The van der Waals surface area contributed by atoms with E-state index in [1.807, 2.05) is 13.0 Å². The Balaban J connectivity index is 1.40. The standard InChI is InChI=1S/C24H31N5O5/c1-16-13-19(29(32-2)23(31)18-5-3-17(4-6-18)22(25)30)7-8-21(16)34-20-14-26-24(27-15-20)28-9-11-33-12-10-28/h7-8,13-15,17-18H,3-6,9-12H2,1-2H3,(H2,25,30). The van der Waals surface area contributed by atoms with E-state index in [0.29, 0.717) is 62.0 Å². The molecule has 2 aliphatic rings. The van der Waals surface area contributed by atoms with Crippen LogP contribution in [0.15, 0.2) is 30.6 Å². The van der Waals surface area contributed by atoms with Crippen molar-refractivity contribution in [2.24, 2.45) is 17.6 Å². The Bertz CT molecular complexity index is 1000. The maximum absolute atomic E-state index is 13.1. The molecule has 2 N–H and O–H groups in total. The van der Waals surface area contributed by atoms with Gasteiger partial charge in [0.15, 0.2) is 5.75 Å². The van der Waals surface area contributed by atoms with E-state index in [-0.39, 0.29) is 23.7 Å². The second-order valence-corrected chi connectivity index (χ2v) is 8.64. The van der Waals surface area contributed by atoms with Gasteiger partial charge in [0.25, 0.3) is 5.91 Å². The van der Waals surface area contributed by atoms with Gasteiger partial charge in [0.05, 0.1) is 38.4 Å². The van der Waals surface area contributed by atoms with Crippen molar-refractivity contribution in [1.29, 1.82) is 0 Å². The Morgan fingerprint density at radius 3 is 2.32 bits per heavy atom. The minimum atomic E-state index is -0.290. The van der Waals surface area contributed by atoms with Crippen LogP contribution in [0.3, 0.4) is 0 Å². The molecule has 1 aliphatic carbocycles. The Morgan fingerprint density at radius 1 is 1.09 bits per heavy atom. The summed E-state index contributed by atoms with van der Waals surface area (Å²) in [5.74, 6) is 1.06. The minimum absolute atomic E-state index is 0.120. The van der Waals surface area contributed by atoms with Crippen molar-refractivity contribution in [3.63, 3.8) is 0 Å². The van der Waals surface area contributed by atoms with Crippen LogP contribution in [0.5, 0.6) is 11.5 Å². The van der Waals surface area contributed by atoms with Crippen LogP contribution >= 0.6 is 0 Å². The lowest BCUT2D eigenvalue weighted by Crippen LogP contribution is -2.38. The number of carbonyl (C=O) groups is 2. The average molecular weight is 470 g/mol. The quantitative estimate of drug-likeness (QED) is 0.615. The predicted octanol–water partition coefficient (Wildman–Crippen LogP) is 2.60. The van der Waals surface area contributed by atoms with Crippen molar-refractivity contribution >= 4 is 23.5 Å². The first-order valence-corrected chi connectivity index (χ1v) is 11.6. The molecule has 1 aliphatic heterocycles. The van der Waals surface area contributed by atoms with Gasteiger partial charge in [-0.3, -0.25) is 14.4 Å². The van der Waals surface area contributed by atoms with Crippen LogP contribution in [0.4, 0.5) is 11.6 Å². The fraction of sp³-hybridized carbons (Fsp3) is 0.500. The summed E-state index contributed by atoms with van der Waals surface area (Å²) < 4.78 is 11.3. The summed E-state index contributed by atoms with van der Waals surface area (Å²) in [6.07, 6.45) is 5.79. The number of anilines is 2. The van der Waals surface area contributed by atoms with Crippen LogP contribution in [0.25, 0.3) is 0 Å². The van der Waals surface area contributed by atoms with E-state index in [9.17, 15) is 9.59 Å². The number of hydroxylamine groups is 1. The first-order chi connectivity index (χ1) is 16.5. The highest BCUT2D eigenvalue weighted by Gasteiger charge is 2.32. The van der Waals surface area contributed by atoms with E-state index in [4.69, 9.17) is 20.0 Å². The Morgan fingerprint density at radius 2 is 1.74 bits per heavy atom. The highest BCUT2D eigenvalue weighted by Crippen LogP contribution is 2.33. The average Bonchev–Trinajstić information content (AvgIpc) is 2.87. The molecule has 0 radical (unpaired) electrons. The van der Waals surface area contributed by atoms with Gasteiger partial charge in [0, 0.05) is 24.9 Å². The zero-order chi connectivity index (χ0) is 24.1. The van der Waals surface area contributed by atoms with E-state index >= 15 is 0 Å². The third kappa shape index (κ3) is 5.45. The van der Waals surface area contributed by atoms with Gasteiger partial charge in [0.1, 0.15) is 5.75 Å². The van der Waals surface area contributed by atoms with Crippen LogP contribution in [-0.4, -0.2) is 55.2 Å². The summed E-state index contributed by atoms with van der Waals surface area (Å²) in [7, 11) is 1.47. The van der Waals surface area contributed by atoms with E-state index in [1.165, 1.54) is 12.2 Å². The molecule has 4 rings (SSSR count). The summed E-state index contributed by atoms with van der Waals surface area (Å²) in [6, 6.07) is 5.42. The molecule has 2 heterocycles. The number of benzene rings is 1. The van der Waals surface area contributed by atoms with Crippen LogP contribution in [-0.2, 0) is 19.2 Å². The first-order valence-electron chi connectivity index (χ1n) is 11.6. The lowest BCUT2D eigenvalue weighted by Gasteiger charge is -2.30. The largest absolute Gasteiger partial charge is 0.454 e. The number of hydrogen-bond acceptors (Lipinski definition) is 8. The summed E-state index contributed by atoms with van der Waals surface area (Å²) in [4.78, 5) is 40.8.